The van der Waals surface area contributed by atoms with Gasteiger partial charge in [-0.25, -0.2) is 4.98 Å². The van der Waals surface area contributed by atoms with E-state index in [4.69, 9.17) is 5.73 Å². The molecule has 2 rings (SSSR count). The highest BCUT2D eigenvalue weighted by Gasteiger charge is 2.33. The van der Waals surface area contributed by atoms with Crippen molar-refractivity contribution in [1.82, 2.24) is 9.36 Å². The van der Waals surface area contributed by atoms with Crippen LogP contribution in [0.2, 0.25) is 0 Å². The second-order valence-electron chi connectivity index (χ2n) is 5.28. The lowest BCUT2D eigenvalue weighted by Crippen LogP contribution is -2.31. The van der Waals surface area contributed by atoms with Crippen molar-refractivity contribution in [2.45, 2.75) is 33.1 Å². The van der Waals surface area contributed by atoms with Gasteiger partial charge in [0.15, 0.2) is 0 Å². The van der Waals surface area contributed by atoms with Crippen molar-refractivity contribution in [2.24, 2.45) is 11.1 Å². The smallest absolute Gasteiger partial charge is 0.205 e. The first kappa shape index (κ1) is 11.8. The van der Waals surface area contributed by atoms with Crippen LogP contribution in [0.5, 0.6) is 0 Å². The standard InChI is InChI=1S/C11H20N4S/c1-8(2)9-13-10(16-14-9)15-5-4-11(3,6-12)7-15/h8H,4-7,12H2,1-3H3. The maximum absolute atomic E-state index is 5.80. The van der Waals surface area contributed by atoms with Crippen LogP contribution in [0.25, 0.3) is 0 Å². The molecule has 0 aromatic carbocycles. The summed E-state index contributed by atoms with van der Waals surface area (Å²) in [6.07, 6.45) is 1.15. The Bertz CT molecular complexity index is 363. The Hall–Kier alpha value is -0.680. The summed E-state index contributed by atoms with van der Waals surface area (Å²) < 4.78 is 4.39. The van der Waals surface area contributed by atoms with Gasteiger partial charge in [-0.1, -0.05) is 20.8 Å². The van der Waals surface area contributed by atoms with Crippen molar-refractivity contribution in [2.75, 3.05) is 24.5 Å². The molecule has 2 heterocycles. The molecule has 1 atom stereocenters. The van der Waals surface area contributed by atoms with Gasteiger partial charge in [-0.15, -0.1) is 0 Å². The summed E-state index contributed by atoms with van der Waals surface area (Å²) in [5.41, 5.74) is 6.06. The molecule has 2 N–H and O–H groups in total. The molecular formula is C11H20N4S. The predicted molar refractivity (Wildman–Crippen MR) is 68.0 cm³/mol. The van der Waals surface area contributed by atoms with Gasteiger partial charge in [0, 0.05) is 30.5 Å². The first-order valence-corrected chi connectivity index (χ1v) is 6.60. The highest BCUT2D eigenvalue weighted by Crippen LogP contribution is 2.33. The SMILES string of the molecule is CC(C)c1nsc(N2CCC(C)(CN)C2)n1. The lowest BCUT2D eigenvalue weighted by molar-refractivity contribution is 0.383. The van der Waals surface area contributed by atoms with Crippen LogP contribution < -0.4 is 10.6 Å². The first-order chi connectivity index (χ1) is 7.54. The third-order valence-electron chi connectivity index (χ3n) is 3.27. The van der Waals surface area contributed by atoms with Crippen molar-refractivity contribution < 1.29 is 0 Å². The summed E-state index contributed by atoms with van der Waals surface area (Å²) in [7, 11) is 0. The van der Waals surface area contributed by atoms with E-state index >= 15 is 0 Å². The minimum Gasteiger partial charge on any atom is -0.346 e. The summed E-state index contributed by atoms with van der Waals surface area (Å²) in [6.45, 7) is 9.31. The van der Waals surface area contributed by atoms with Gasteiger partial charge in [0.25, 0.3) is 0 Å². The average Bonchev–Trinajstić information content (AvgIpc) is 2.84. The molecule has 1 saturated heterocycles. The summed E-state index contributed by atoms with van der Waals surface area (Å²) >= 11 is 1.51. The molecule has 90 valence electrons. The molecule has 1 aliphatic rings. The van der Waals surface area contributed by atoms with E-state index in [1.807, 2.05) is 0 Å². The Kier molecular flexibility index (Phi) is 3.17. The largest absolute Gasteiger partial charge is 0.346 e. The minimum atomic E-state index is 0.254. The zero-order valence-corrected chi connectivity index (χ0v) is 11.0. The number of nitrogens with two attached hydrogens (primary N) is 1. The van der Waals surface area contributed by atoms with E-state index in [-0.39, 0.29) is 5.41 Å². The van der Waals surface area contributed by atoms with Gasteiger partial charge in [0.1, 0.15) is 5.82 Å². The van der Waals surface area contributed by atoms with Crippen LogP contribution in [0.4, 0.5) is 5.13 Å². The van der Waals surface area contributed by atoms with E-state index in [0.29, 0.717) is 5.92 Å². The maximum atomic E-state index is 5.80. The van der Waals surface area contributed by atoms with Gasteiger partial charge in [-0.05, 0) is 18.4 Å². The quantitative estimate of drug-likeness (QED) is 0.876. The second kappa shape index (κ2) is 4.30. The maximum Gasteiger partial charge on any atom is 0.205 e. The highest BCUT2D eigenvalue weighted by atomic mass is 32.1. The van der Waals surface area contributed by atoms with E-state index in [0.717, 1.165) is 37.0 Å². The van der Waals surface area contributed by atoms with E-state index in [1.54, 1.807) is 0 Å². The van der Waals surface area contributed by atoms with Crippen molar-refractivity contribution in [1.29, 1.82) is 0 Å². The molecule has 1 aliphatic heterocycles. The van der Waals surface area contributed by atoms with E-state index < -0.39 is 0 Å². The van der Waals surface area contributed by atoms with Crippen LogP contribution >= 0.6 is 11.5 Å². The Balaban J connectivity index is 2.09. The van der Waals surface area contributed by atoms with Crippen LogP contribution in [0.3, 0.4) is 0 Å². The summed E-state index contributed by atoms with van der Waals surface area (Å²) in [6, 6.07) is 0. The molecule has 1 fully saturated rings. The lowest BCUT2D eigenvalue weighted by Gasteiger charge is -2.21. The van der Waals surface area contributed by atoms with Crippen LogP contribution in [0.15, 0.2) is 0 Å². The predicted octanol–water partition coefficient (Wildman–Crippen LogP) is 1.84. The van der Waals surface area contributed by atoms with Gasteiger partial charge < -0.3 is 10.6 Å². The number of hydrogen-bond acceptors (Lipinski definition) is 5. The Morgan fingerprint density at radius 1 is 1.56 bits per heavy atom. The molecule has 1 aromatic rings. The monoisotopic (exact) mass is 240 g/mol. The fourth-order valence-corrected chi connectivity index (χ4v) is 2.78. The second-order valence-corrected chi connectivity index (χ2v) is 6.01. The third kappa shape index (κ3) is 2.20. The third-order valence-corrected chi connectivity index (χ3v) is 4.06. The van der Waals surface area contributed by atoms with Crippen molar-refractivity contribution in [3.8, 4) is 0 Å². The molecule has 4 nitrogen and oxygen atoms in total. The van der Waals surface area contributed by atoms with Gasteiger partial charge >= 0.3 is 0 Å². The molecular weight excluding hydrogens is 220 g/mol. The summed E-state index contributed by atoms with van der Waals surface area (Å²) in [5.74, 6) is 1.37. The topological polar surface area (TPSA) is 55.0 Å². The molecule has 0 bridgehead atoms. The van der Waals surface area contributed by atoms with Gasteiger partial charge in [-0.3, -0.25) is 0 Å². The van der Waals surface area contributed by atoms with Crippen molar-refractivity contribution in [3.05, 3.63) is 5.82 Å². The Labute approximate surface area is 101 Å². The molecule has 0 amide bonds. The first-order valence-electron chi connectivity index (χ1n) is 5.83. The fraction of sp³-hybridized carbons (Fsp3) is 0.818. The fourth-order valence-electron chi connectivity index (χ4n) is 1.94. The van der Waals surface area contributed by atoms with Crippen molar-refractivity contribution in [3.63, 3.8) is 0 Å². The van der Waals surface area contributed by atoms with E-state index in [1.165, 1.54) is 11.5 Å². The summed E-state index contributed by atoms with van der Waals surface area (Å²) in [5, 5.41) is 1.06. The highest BCUT2D eigenvalue weighted by molar-refractivity contribution is 7.09. The van der Waals surface area contributed by atoms with Crippen LogP contribution in [-0.4, -0.2) is 29.0 Å². The number of rotatable bonds is 3. The lowest BCUT2D eigenvalue weighted by atomic mass is 9.90. The Morgan fingerprint density at radius 2 is 2.31 bits per heavy atom. The molecule has 1 unspecified atom stereocenters. The molecule has 5 heteroatoms. The van der Waals surface area contributed by atoms with E-state index in [9.17, 15) is 0 Å². The number of anilines is 1. The summed E-state index contributed by atoms with van der Waals surface area (Å²) in [4.78, 5) is 6.90. The van der Waals surface area contributed by atoms with Crippen LogP contribution in [0.1, 0.15) is 38.9 Å². The normalized spacial score (nSPS) is 25.7. The van der Waals surface area contributed by atoms with Crippen LogP contribution in [-0.2, 0) is 0 Å². The zero-order valence-electron chi connectivity index (χ0n) is 10.2. The average molecular weight is 240 g/mol. The molecule has 0 saturated carbocycles. The molecule has 1 aromatic heterocycles. The molecule has 0 spiro atoms. The zero-order chi connectivity index (χ0) is 11.8. The molecule has 0 aliphatic carbocycles. The molecule has 16 heavy (non-hydrogen) atoms. The minimum absolute atomic E-state index is 0.254. The van der Waals surface area contributed by atoms with E-state index in [2.05, 4.69) is 35.0 Å². The number of nitrogens with zero attached hydrogens (tertiary/aromatic N) is 3. The van der Waals surface area contributed by atoms with Gasteiger partial charge in [0.2, 0.25) is 5.13 Å². The molecule has 0 radical (unpaired) electrons. The number of aromatic nitrogens is 2. The van der Waals surface area contributed by atoms with Crippen molar-refractivity contribution >= 4 is 16.7 Å². The number of hydrogen-bond donors (Lipinski definition) is 1. The van der Waals surface area contributed by atoms with Gasteiger partial charge in [-0.2, -0.15) is 4.37 Å². The Morgan fingerprint density at radius 3 is 2.81 bits per heavy atom. The van der Waals surface area contributed by atoms with Crippen LogP contribution in [0, 0.1) is 5.41 Å². The van der Waals surface area contributed by atoms with Gasteiger partial charge in [0.05, 0.1) is 0 Å².